The van der Waals surface area contributed by atoms with Gasteiger partial charge in [0.15, 0.2) is 11.6 Å². The van der Waals surface area contributed by atoms with Gasteiger partial charge in [-0.3, -0.25) is 14.4 Å². The van der Waals surface area contributed by atoms with Crippen molar-refractivity contribution in [2.75, 3.05) is 0 Å². The molecular formula is C21H21BrO6. The topological polar surface area (TPSA) is 101 Å². The number of allylic oxidation sites excluding steroid dienone is 1. The molecule has 7 heteroatoms. The van der Waals surface area contributed by atoms with Gasteiger partial charge in [-0.1, -0.05) is 39.7 Å². The Morgan fingerprint density at radius 2 is 2.04 bits per heavy atom. The number of halogens is 1. The Hall–Kier alpha value is -1.83. The molecule has 148 valence electrons. The highest BCUT2D eigenvalue weighted by Gasteiger charge is 2.62. The molecule has 0 spiro atoms. The van der Waals surface area contributed by atoms with Crippen molar-refractivity contribution in [1.82, 2.24) is 0 Å². The number of ketones is 2. The quantitative estimate of drug-likeness (QED) is 0.296. The number of benzene rings is 1. The van der Waals surface area contributed by atoms with Crippen LogP contribution in [0.3, 0.4) is 0 Å². The van der Waals surface area contributed by atoms with Crippen molar-refractivity contribution in [2.24, 2.45) is 11.8 Å². The lowest BCUT2D eigenvalue weighted by Crippen LogP contribution is -2.61. The second-order valence-electron chi connectivity index (χ2n) is 8.22. The number of aliphatic hydroxyl groups excluding tert-OH is 1. The summed E-state index contributed by atoms with van der Waals surface area (Å²) in [7, 11) is 0. The molecule has 0 radical (unpaired) electrons. The maximum atomic E-state index is 13.6. The van der Waals surface area contributed by atoms with Gasteiger partial charge in [-0.15, -0.1) is 0 Å². The first kappa shape index (κ1) is 19.5. The Balaban J connectivity index is 1.86. The summed E-state index contributed by atoms with van der Waals surface area (Å²) in [5, 5.41) is 21.2. The van der Waals surface area contributed by atoms with Gasteiger partial charge in [0.1, 0.15) is 10.1 Å². The van der Waals surface area contributed by atoms with Crippen molar-refractivity contribution in [3.8, 4) is 5.75 Å². The van der Waals surface area contributed by atoms with E-state index in [-0.39, 0.29) is 34.9 Å². The van der Waals surface area contributed by atoms with Gasteiger partial charge in [0.05, 0.1) is 17.3 Å². The van der Waals surface area contributed by atoms with E-state index in [0.29, 0.717) is 12.8 Å². The number of hydrogen-bond donors (Lipinski definition) is 2. The Morgan fingerprint density at radius 1 is 1.32 bits per heavy atom. The molecule has 4 rings (SSSR count). The third-order valence-corrected chi connectivity index (χ3v) is 7.44. The van der Waals surface area contributed by atoms with Gasteiger partial charge in [0, 0.05) is 30.7 Å². The van der Waals surface area contributed by atoms with Gasteiger partial charge in [-0.25, -0.2) is 0 Å². The summed E-state index contributed by atoms with van der Waals surface area (Å²) >= 11 is 3.58. The fraction of sp³-hybridized carbons (Fsp3) is 0.476. The van der Waals surface area contributed by atoms with E-state index in [9.17, 15) is 24.6 Å². The highest BCUT2D eigenvalue weighted by atomic mass is 79.9. The van der Waals surface area contributed by atoms with Crippen LogP contribution < -0.4 is 4.74 Å². The molecule has 2 N–H and O–H groups in total. The van der Waals surface area contributed by atoms with Crippen LogP contribution in [0.4, 0.5) is 0 Å². The number of ether oxygens (including phenoxy) is 1. The largest absolute Gasteiger partial charge is 0.426 e. The van der Waals surface area contributed by atoms with Crippen LogP contribution >= 0.6 is 15.9 Å². The molecule has 1 aromatic rings. The number of carbonyl (C=O) groups excluding carboxylic acids is 3. The van der Waals surface area contributed by atoms with Crippen LogP contribution in [0.15, 0.2) is 29.8 Å². The lowest BCUT2D eigenvalue weighted by Gasteiger charge is -2.52. The molecule has 0 bridgehead atoms. The molecule has 0 heterocycles. The number of hydrogen-bond acceptors (Lipinski definition) is 6. The van der Waals surface area contributed by atoms with Crippen molar-refractivity contribution in [1.29, 1.82) is 0 Å². The number of aliphatic hydroxyl groups is 2. The Kier molecular flexibility index (Phi) is 4.41. The van der Waals surface area contributed by atoms with E-state index in [1.54, 1.807) is 19.1 Å². The summed E-state index contributed by atoms with van der Waals surface area (Å²) in [5.74, 6) is -2.41. The van der Waals surface area contributed by atoms with Gasteiger partial charge < -0.3 is 14.9 Å². The molecule has 28 heavy (non-hydrogen) atoms. The van der Waals surface area contributed by atoms with E-state index >= 15 is 0 Å². The molecule has 1 aromatic carbocycles. The highest BCUT2D eigenvalue weighted by Crippen LogP contribution is 2.56. The number of fused-ring (bicyclic) bond motifs is 4. The Labute approximate surface area is 170 Å². The fourth-order valence-corrected chi connectivity index (χ4v) is 6.24. The normalized spacial score (nSPS) is 36.8. The zero-order valence-electron chi connectivity index (χ0n) is 15.6. The van der Waals surface area contributed by atoms with Gasteiger partial charge >= 0.3 is 5.97 Å². The minimum atomic E-state index is -1.29. The van der Waals surface area contributed by atoms with E-state index in [4.69, 9.17) is 4.74 Å². The average Bonchev–Trinajstić information content (AvgIpc) is 2.57. The number of rotatable bonds is 1. The van der Waals surface area contributed by atoms with Crippen LogP contribution in [-0.4, -0.2) is 43.8 Å². The Morgan fingerprint density at radius 3 is 2.71 bits per heavy atom. The lowest BCUT2D eigenvalue weighted by molar-refractivity contribution is -0.131. The van der Waals surface area contributed by atoms with E-state index in [1.165, 1.54) is 13.0 Å². The minimum Gasteiger partial charge on any atom is -0.426 e. The van der Waals surface area contributed by atoms with Crippen LogP contribution in [0.2, 0.25) is 0 Å². The summed E-state index contributed by atoms with van der Waals surface area (Å²) < 4.78 is 3.89. The summed E-state index contributed by atoms with van der Waals surface area (Å²) in [5.41, 5.74) is 0.0391. The average molecular weight is 449 g/mol. The van der Waals surface area contributed by atoms with Gasteiger partial charge in [0.25, 0.3) is 0 Å². The predicted molar refractivity (Wildman–Crippen MR) is 104 cm³/mol. The van der Waals surface area contributed by atoms with Crippen molar-refractivity contribution in [3.63, 3.8) is 0 Å². The van der Waals surface area contributed by atoms with Gasteiger partial charge in [0.2, 0.25) is 0 Å². The Bertz CT molecular complexity index is 933. The zero-order chi connectivity index (χ0) is 20.4. The molecule has 0 unspecified atom stereocenters. The number of carbonyl (C=O) groups is 3. The summed E-state index contributed by atoms with van der Waals surface area (Å²) in [6.45, 7) is 2.90. The fourth-order valence-electron chi connectivity index (χ4n) is 5.04. The number of esters is 1. The van der Waals surface area contributed by atoms with Crippen molar-refractivity contribution in [2.45, 2.75) is 49.1 Å². The first-order valence-corrected chi connectivity index (χ1v) is 10.0. The van der Waals surface area contributed by atoms with E-state index in [1.807, 2.05) is 6.08 Å². The molecule has 0 aromatic heterocycles. The summed E-state index contributed by atoms with van der Waals surface area (Å²) in [6.07, 6.45) is 1.66. The molecule has 5 atom stereocenters. The van der Waals surface area contributed by atoms with Crippen LogP contribution in [0.25, 0.3) is 0 Å². The first-order valence-electron chi connectivity index (χ1n) is 9.25. The summed E-state index contributed by atoms with van der Waals surface area (Å²) in [6, 6.07) is 4.62. The molecule has 1 fully saturated rings. The molecule has 1 saturated carbocycles. The molecular weight excluding hydrogens is 428 g/mol. The number of alkyl halides is 1. The monoisotopic (exact) mass is 448 g/mol. The first-order chi connectivity index (χ1) is 13.1. The van der Waals surface area contributed by atoms with Crippen molar-refractivity contribution < 1.29 is 29.3 Å². The SMILES string of the molecule is CC(=O)Oc1cccc2c1C(=O)[C@@H]1CC=C3C[C@@](C)(O)C[C@@H](O)[C@@H]3[C@]1(Br)C2=O. The van der Waals surface area contributed by atoms with Gasteiger partial charge in [-0.05, 0) is 25.8 Å². The van der Waals surface area contributed by atoms with Gasteiger partial charge in [-0.2, -0.15) is 0 Å². The third-order valence-electron chi connectivity index (χ3n) is 6.03. The molecule has 3 aliphatic rings. The molecule has 0 aliphatic heterocycles. The van der Waals surface area contributed by atoms with Crippen molar-refractivity contribution >= 4 is 33.5 Å². The van der Waals surface area contributed by atoms with E-state index < -0.39 is 33.8 Å². The second-order valence-corrected chi connectivity index (χ2v) is 9.54. The van der Waals surface area contributed by atoms with Crippen LogP contribution in [0.5, 0.6) is 5.75 Å². The highest BCUT2D eigenvalue weighted by molar-refractivity contribution is 9.10. The molecule has 0 saturated heterocycles. The second kappa shape index (κ2) is 6.34. The zero-order valence-corrected chi connectivity index (χ0v) is 17.2. The maximum Gasteiger partial charge on any atom is 0.308 e. The van der Waals surface area contributed by atoms with E-state index in [2.05, 4.69) is 15.9 Å². The molecule has 6 nitrogen and oxygen atoms in total. The van der Waals surface area contributed by atoms with Crippen molar-refractivity contribution in [3.05, 3.63) is 41.0 Å². The standard InChI is InChI=1S/C21H21BrO6/c1-10(23)28-15-5-3-4-12-16(15)18(25)13-7-6-11-8-20(2,27)9-14(24)17(11)21(13,22)19(12)26/h3-6,13-14,17,24,27H,7-9H2,1-2H3/t13-,14+,17+,20+,21-/m0/s1. The molecule has 0 amide bonds. The van der Waals surface area contributed by atoms with Crippen LogP contribution in [0, 0.1) is 11.8 Å². The number of Topliss-reactive ketones (excluding diaryl/α,β-unsaturated/α-hetero) is 2. The van der Waals surface area contributed by atoms with Crippen LogP contribution in [0.1, 0.15) is 53.8 Å². The van der Waals surface area contributed by atoms with E-state index in [0.717, 1.165) is 5.57 Å². The predicted octanol–water partition coefficient (Wildman–Crippen LogP) is 2.59. The summed E-state index contributed by atoms with van der Waals surface area (Å²) in [4.78, 5) is 38.4. The minimum absolute atomic E-state index is 0.0832. The lowest BCUT2D eigenvalue weighted by atomic mass is 9.57. The third kappa shape index (κ3) is 2.71. The van der Waals surface area contributed by atoms with Crippen LogP contribution in [-0.2, 0) is 4.79 Å². The smallest absolute Gasteiger partial charge is 0.308 e. The maximum absolute atomic E-state index is 13.6. The molecule has 3 aliphatic carbocycles.